The van der Waals surface area contributed by atoms with E-state index in [1.807, 2.05) is 11.9 Å². The highest BCUT2D eigenvalue weighted by molar-refractivity contribution is 5.88. The lowest BCUT2D eigenvalue weighted by Crippen LogP contribution is -2.35. The quantitative estimate of drug-likeness (QED) is 0.866. The van der Waals surface area contributed by atoms with E-state index in [1.165, 1.54) is 12.5 Å². The van der Waals surface area contributed by atoms with E-state index < -0.39 is 6.61 Å². The van der Waals surface area contributed by atoms with Crippen LogP contribution in [0.1, 0.15) is 12.8 Å². The third-order valence-electron chi connectivity index (χ3n) is 5.50. The van der Waals surface area contributed by atoms with Gasteiger partial charge in [0.1, 0.15) is 24.4 Å². The Kier molecular flexibility index (Phi) is 3.64. The van der Waals surface area contributed by atoms with Gasteiger partial charge in [0.15, 0.2) is 5.82 Å². The molecule has 0 bridgehead atoms. The van der Waals surface area contributed by atoms with Crippen molar-refractivity contribution < 1.29 is 14.3 Å². The van der Waals surface area contributed by atoms with Crippen LogP contribution in [0.15, 0.2) is 12.5 Å². The molecule has 0 unspecified atom stereocenters. The Morgan fingerprint density at radius 1 is 1.42 bits per heavy atom. The van der Waals surface area contributed by atoms with E-state index in [-0.39, 0.29) is 17.8 Å². The molecule has 2 aromatic rings. The number of rotatable bonds is 3. The normalized spacial score (nSPS) is 26.1. The van der Waals surface area contributed by atoms with Crippen LogP contribution in [0, 0.1) is 17.7 Å². The molecule has 2 aromatic heterocycles. The number of fused-ring (bicyclic) bond motifs is 2. The van der Waals surface area contributed by atoms with Gasteiger partial charge in [0.05, 0.1) is 5.39 Å². The van der Waals surface area contributed by atoms with Crippen LogP contribution in [0.25, 0.3) is 11.0 Å². The number of amides is 1. The molecule has 4 rings (SSSR count). The molecular weight excluding hydrogens is 313 g/mol. The Morgan fingerprint density at radius 2 is 2.12 bits per heavy atom. The van der Waals surface area contributed by atoms with Crippen LogP contribution in [0.3, 0.4) is 0 Å². The summed E-state index contributed by atoms with van der Waals surface area (Å²) >= 11 is 0. The molecular formula is C16H20FN5O2. The van der Waals surface area contributed by atoms with Crippen molar-refractivity contribution in [2.75, 3.05) is 31.6 Å². The number of halogens is 1. The van der Waals surface area contributed by atoms with E-state index >= 15 is 0 Å². The van der Waals surface area contributed by atoms with Crippen molar-refractivity contribution in [2.24, 2.45) is 11.8 Å². The van der Waals surface area contributed by atoms with E-state index in [2.05, 4.69) is 15.0 Å². The summed E-state index contributed by atoms with van der Waals surface area (Å²) in [6, 6.07) is 0.263. The number of nitrogens with one attached hydrogen (secondary N) is 1. The second-order valence-corrected chi connectivity index (χ2v) is 6.77. The zero-order valence-electron chi connectivity index (χ0n) is 13.4. The number of carbonyl (C=O) groups excluding carboxylic acids is 1. The van der Waals surface area contributed by atoms with Crippen LogP contribution in [-0.4, -0.2) is 63.7 Å². The summed E-state index contributed by atoms with van der Waals surface area (Å²) < 4.78 is 14.1. The van der Waals surface area contributed by atoms with Gasteiger partial charge < -0.3 is 19.9 Å². The fourth-order valence-electron chi connectivity index (χ4n) is 4.24. The molecule has 2 aliphatic rings. The van der Waals surface area contributed by atoms with Gasteiger partial charge in [-0.3, -0.25) is 4.79 Å². The molecule has 3 atom stereocenters. The molecule has 0 aromatic carbocycles. The molecule has 1 amide bonds. The van der Waals surface area contributed by atoms with E-state index in [1.54, 1.807) is 4.90 Å². The lowest BCUT2D eigenvalue weighted by Gasteiger charge is -2.27. The second-order valence-electron chi connectivity index (χ2n) is 6.77. The van der Waals surface area contributed by atoms with E-state index in [0.29, 0.717) is 41.8 Å². The molecule has 0 radical (unpaired) electrons. The van der Waals surface area contributed by atoms with Gasteiger partial charge in [-0.05, 0) is 24.7 Å². The first-order valence-electron chi connectivity index (χ1n) is 8.17. The Hall–Kier alpha value is -2.22. The van der Waals surface area contributed by atoms with Gasteiger partial charge >= 0.3 is 0 Å². The Morgan fingerprint density at radius 3 is 2.79 bits per heavy atom. The minimum Gasteiger partial charge on any atom is -0.387 e. The molecule has 1 saturated carbocycles. The lowest BCUT2D eigenvalue weighted by atomic mass is 10.0. The van der Waals surface area contributed by atoms with E-state index in [0.717, 1.165) is 12.8 Å². The van der Waals surface area contributed by atoms with Crippen molar-refractivity contribution >= 4 is 22.8 Å². The highest BCUT2D eigenvalue weighted by atomic mass is 19.1. The monoisotopic (exact) mass is 333 g/mol. The highest BCUT2D eigenvalue weighted by Crippen LogP contribution is 2.41. The lowest BCUT2D eigenvalue weighted by molar-refractivity contribution is -0.133. The van der Waals surface area contributed by atoms with Crippen LogP contribution in [0.4, 0.5) is 10.2 Å². The van der Waals surface area contributed by atoms with Crippen LogP contribution >= 0.6 is 0 Å². The molecule has 2 fully saturated rings. The summed E-state index contributed by atoms with van der Waals surface area (Å²) in [6.45, 7) is 0.979. The zero-order chi connectivity index (χ0) is 16.8. The molecule has 1 aliphatic carbocycles. The smallest absolute Gasteiger partial charge is 0.248 e. The van der Waals surface area contributed by atoms with Gasteiger partial charge in [-0.25, -0.2) is 14.4 Å². The van der Waals surface area contributed by atoms with Crippen LogP contribution in [-0.2, 0) is 4.79 Å². The molecule has 7 nitrogen and oxygen atoms in total. The molecule has 24 heavy (non-hydrogen) atoms. The number of hydrogen-bond acceptors (Lipinski definition) is 5. The number of carbonyl (C=O) groups is 1. The average Bonchev–Trinajstić information content (AvgIpc) is 3.26. The van der Waals surface area contributed by atoms with Gasteiger partial charge in [0.25, 0.3) is 0 Å². The number of aromatic nitrogens is 3. The third kappa shape index (κ3) is 2.32. The maximum absolute atomic E-state index is 14.1. The minimum absolute atomic E-state index is 0.193. The Labute approximate surface area is 138 Å². The molecule has 0 spiro atoms. The molecule has 128 valence electrons. The number of nitrogens with zero attached hydrogens (tertiary/aromatic N) is 4. The first-order chi connectivity index (χ1) is 11.6. The number of aromatic amines is 1. The predicted octanol–water partition coefficient (Wildman–Crippen LogP) is 0.762. The Balaban J connectivity index is 1.52. The van der Waals surface area contributed by atoms with Crippen molar-refractivity contribution in [2.45, 2.75) is 18.9 Å². The number of anilines is 1. The summed E-state index contributed by atoms with van der Waals surface area (Å²) in [5.41, 5.74) is 0.502. The van der Waals surface area contributed by atoms with E-state index in [4.69, 9.17) is 5.11 Å². The summed E-state index contributed by atoms with van der Waals surface area (Å²) in [6.07, 6.45) is 4.63. The molecule has 2 N–H and O–H groups in total. The molecule has 1 aliphatic heterocycles. The summed E-state index contributed by atoms with van der Waals surface area (Å²) in [7, 11) is 1.94. The largest absolute Gasteiger partial charge is 0.387 e. The summed E-state index contributed by atoms with van der Waals surface area (Å²) in [5.74, 6) is 0.932. The number of likely N-dealkylation sites (tertiary alicyclic amines) is 1. The summed E-state index contributed by atoms with van der Waals surface area (Å²) in [5, 5.41) is 9.43. The highest BCUT2D eigenvalue weighted by Gasteiger charge is 2.43. The Bertz CT molecular complexity index is 765. The third-order valence-corrected chi connectivity index (χ3v) is 5.50. The number of H-pyrrole nitrogens is 1. The number of aliphatic hydroxyl groups excluding tert-OH is 1. The first-order valence-corrected chi connectivity index (χ1v) is 8.17. The van der Waals surface area contributed by atoms with Gasteiger partial charge in [-0.15, -0.1) is 0 Å². The van der Waals surface area contributed by atoms with Crippen LogP contribution in [0.5, 0.6) is 0 Å². The molecule has 3 heterocycles. The SMILES string of the molecule is CN(c1ncnc2[nH]cc(F)c12)[C@@H]1C[C@@H]2CN(C(=O)CO)C[C@@H]2C1. The standard InChI is InChI=1S/C16H20FN5O2/c1-21(16-14-12(17)4-18-15(14)19-8-20-16)11-2-9-5-22(13(24)7-23)6-10(9)3-11/h4,8-11,23H,2-3,5-7H2,1H3,(H,18,19,20)/t9-,10+,11-. The topological polar surface area (TPSA) is 85.4 Å². The van der Waals surface area contributed by atoms with E-state index in [9.17, 15) is 9.18 Å². The maximum atomic E-state index is 14.1. The summed E-state index contributed by atoms with van der Waals surface area (Å²) in [4.78, 5) is 26.6. The average molecular weight is 333 g/mol. The van der Waals surface area contributed by atoms with Gasteiger partial charge in [-0.2, -0.15) is 0 Å². The van der Waals surface area contributed by atoms with Crippen molar-refractivity contribution in [1.82, 2.24) is 19.9 Å². The van der Waals surface area contributed by atoms with Crippen molar-refractivity contribution in [3.8, 4) is 0 Å². The van der Waals surface area contributed by atoms with Crippen molar-refractivity contribution in [3.05, 3.63) is 18.3 Å². The predicted molar refractivity (Wildman–Crippen MR) is 85.9 cm³/mol. The molecule has 8 heteroatoms. The van der Waals surface area contributed by atoms with Gasteiger partial charge in [0, 0.05) is 32.4 Å². The van der Waals surface area contributed by atoms with Crippen LogP contribution in [0.2, 0.25) is 0 Å². The van der Waals surface area contributed by atoms with Crippen molar-refractivity contribution in [1.29, 1.82) is 0 Å². The second kappa shape index (κ2) is 5.70. The van der Waals surface area contributed by atoms with Gasteiger partial charge in [-0.1, -0.05) is 0 Å². The maximum Gasteiger partial charge on any atom is 0.248 e. The fourth-order valence-corrected chi connectivity index (χ4v) is 4.24. The van der Waals surface area contributed by atoms with Crippen LogP contribution < -0.4 is 4.90 Å². The minimum atomic E-state index is -0.422. The number of aliphatic hydroxyl groups is 1. The first kappa shape index (κ1) is 15.3. The van der Waals surface area contributed by atoms with Crippen molar-refractivity contribution in [3.63, 3.8) is 0 Å². The molecule has 1 saturated heterocycles. The fraction of sp³-hybridized carbons (Fsp3) is 0.562. The van der Waals surface area contributed by atoms with Gasteiger partial charge in [0.2, 0.25) is 5.91 Å². The number of hydrogen-bond donors (Lipinski definition) is 2. The zero-order valence-corrected chi connectivity index (χ0v) is 13.4.